The van der Waals surface area contributed by atoms with Gasteiger partial charge in [-0.2, -0.15) is 0 Å². The summed E-state index contributed by atoms with van der Waals surface area (Å²) < 4.78 is 27.8. The molecule has 0 spiro atoms. The minimum absolute atomic E-state index is 0.123. The van der Waals surface area contributed by atoms with Gasteiger partial charge in [-0.3, -0.25) is 19.4 Å². The number of hydrogen-bond donors (Lipinski definition) is 1. The van der Waals surface area contributed by atoms with Crippen LogP contribution < -0.4 is 9.62 Å². The number of anilines is 1. The first-order valence-corrected chi connectivity index (χ1v) is 10.4. The van der Waals surface area contributed by atoms with E-state index in [1.807, 2.05) is 13.8 Å². The van der Waals surface area contributed by atoms with Crippen LogP contribution in [0.25, 0.3) is 0 Å². The molecule has 2 saturated heterocycles. The first kappa shape index (κ1) is 19.0. The van der Waals surface area contributed by atoms with Gasteiger partial charge in [0.1, 0.15) is 0 Å². The Morgan fingerprint density at radius 2 is 1.54 bits per heavy atom. The zero-order valence-corrected chi connectivity index (χ0v) is 16.0. The molecule has 2 amide bonds. The van der Waals surface area contributed by atoms with Crippen LogP contribution >= 0.6 is 0 Å². The summed E-state index contributed by atoms with van der Waals surface area (Å²) in [7, 11) is -3.66. The van der Waals surface area contributed by atoms with E-state index in [0.717, 1.165) is 30.8 Å². The van der Waals surface area contributed by atoms with Crippen LogP contribution in [0, 0.1) is 0 Å². The van der Waals surface area contributed by atoms with E-state index in [0.29, 0.717) is 12.2 Å². The van der Waals surface area contributed by atoms with Crippen molar-refractivity contribution in [1.29, 1.82) is 0 Å². The highest BCUT2D eigenvalue weighted by molar-refractivity contribution is 7.89. The summed E-state index contributed by atoms with van der Waals surface area (Å²) in [6.07, 6.45) is 2.69. The minimum Gasteiger partial charge on any atom is -0.297 e. The summed E-state index contributed by atoms with van der Waals surface area (Å²) in [4.78, 5) is 27.1. The summed E-state index contributed by atoms with van der Waals surface area (Å²) in [6, 6.07) is 5.86. The van der Waals surface area contributed by atoms with Crippen molar-refractivity contribution in [3.63, 3.8) is 0 Å². The highest BCUT2D eigenvalue weighted by Gasteiger charge is 2.32. The maximum absolute atomic E-state index is 12.6. The van der Waals surface area contributed by atoms with Crippen molar-refractivity contribution in [2.45, 2.75) is 50.0 Å². The fourth-order valence-electron chi connectivity index (χ4n) is 3.43. The maximum Gasteiger partial charge on any atom is 0.240 e. The van der Waals surface area contributed by atoms with Crippen LogP contribution in [0.2, 0.25) is 0 Å². The zero-order valence-electron chi connectivity index (χ0n) is 15.2. The summed E-state index contributed by atoms with van der Waals surface area (Å²) in [5.41, 5.74) is 0.159. The first-order chi connectivity index (χ1) is 12.2. The summed E-state index contributed by atoms with van der Waals surface area (Å²) in [6.45, 7) is 6.37. The fraction of sp³-hybridized carbons (Fsp3) is 0.556. The van der Waals surface area contributed by atoms with Crippen molar-refractivity contribution in [2.24, 2.45) is 0 Å². The molecule has 2 fully saturated rings. The van der Waals surface area contributed by atoms with Gasteiger partial charge in [0.2, 0.25) is 21.8 Å². The average molecular weight is 379 g/mol. The quantitative estimate of drug-likeness (QED) is 0.757. The first-order valence-electron chi connectivity index (χ1n) is 8.91. The van der Waals surface area contributed by atoms with Crippen LogP contribution in [-0.2, 0) is 19.6 Å². The van der Waals surface area contributed by atoms with Crippen LogP contribution in [0.4, 0.5) is 5.69 Å². The van der Waals surface area contributed by atoms with E-state index in [1.165, 1.54) is 24.3 Å². The third-order valence-corrected chi connectivity index (χ3v) is 6.53. The second-order valence-electron chi connectivity index (χ2n) is 7.45. The molecular formula is C18H25N3O4S. The van der Waals surface area contributed by atoms with Gasteiger partial charge in [-0.25, -0.2) is 13.1 Å². The summed E-state index contributed by atoms with van der Waals surface area (Å²) in [5, 5.41) is 0. The standard InChI is InChI=1S/C18H25N3O4S/c1-18(2,20-11-3-4-12-20)13-19-26(24,25)15-7-5-14(6-8-15)21-16(22)9-10-17(21)23/h5-8,19H,3-4,9-13H2,1-2H3. The Morgan fingerprint density at radius 3 is 2.08 bits per heavy atom. The molecule has 0 aliphatic carbocycles. The number of likely N-dealkylation sites (tertiary alicyclic amines) is 1. The van der Waals surface area contributed by atoms with E-state index >= 15 is 0 Å². The highest BCUT2D eigenvalue weighted by Crippen LogP contribution is 2.25. The third kappa shape index (κ3) is 3.82. The van der Waals surface area contributed by atoms with Gasteiger partial charge >= 0.3 is 0 Å². The fourth-order valence-corrected chi connectivity index (χ4v) is 4.63. The van der Waals surface area contributed by atoms with Crippen molar-refractivity contribution in [3.8, 4) is 0 Å². The Kier molecular flexibility index (Phi) is 5.18. The molecule has 0 bridgehead atoms. The van der Waals surface area contributed by atoms with Crippen molar-refractivity contribution >= 4 is 27.5 Å². The molecule has 2 aliphatic rings. The number of hydrogen-bond acceptors (Lipinski definition) is 5. The lowest BCUT2D eigenvalue weighted by atomic mass is 10.0. The Labute approximate surface area is 154 Å². The Hall–Kier alpha value is -1.77. The van der Waals surface area contributed by atoms with Crippen molar-refractivity contribution in [2.75, 3.05) is 24.5 Å². The molecule has 0 saturated carbocycles. The van der Waals surface area contributed by atoms with Gasteiger partial charge in [0, 0.05) is 24.9 Å². The molecule has 1 aromatic rings. The van der Waals surface area contributed by atoms with Gasteiger partial charge < -0.3 is 0 Å². The summed E-state index contributed by atoms with van der Waals surface area (Å²) in [5.74, 6) is -0.507. The monoisotopic (exact) mass is 379 g/mol. The number of amides is 2. The Morgan fingerprint density at radius 1 is 1.00 bits per heavy atom. The lowest BCUT2D eigenvalue weighted by Gasteiger charge is -2.35. The topological polar surface area (TPSA) is 86.8 Å². The molecule has 3 rings (SSSR count). The van der Waals surface area contributed by atoms with Crippen molar-refractivity contribution in [1.82, 2.24) is 9.62 Å². The Balaban J connectivity index is 1.69. The second-order valence-corrected chi connectivity index (χ2v) is 9.21. The van der Waals surface area contributed by atoms with Crippen LogP contribution in [0.1, 0.15) is 39.5 Å². The predicted molar refractivity (Wildman–Crippen MR) is 98.2 cm³/mol. The van der Waals surface area contributed by atoms with Crippen LogP contribution in [0.3, 0.4) is 0 Å². The molecule has 1 aromatic carbocycles. The van der Waals surface area contributed by atoms with E-state index in [1.54, 1.807) is 0 Å². The van der Waals surface area contributed by atoms with Crippen molar-refractivity contribution < 1.29 is 18.0 Å². The van der Waals surface area contributed by atoms with Gasteiger partial charge in [0.05, 0.1) is 10.6 Å². The number of benzene rings is 1. The SMILES string of the molecule is CC(C)(CNS(=O)(=O)c1ccc(N2C(=O)CCC2=O)cc1)N1CCCC1. The third-order valence-electron chi connectivity index (χ3n) is 5.11. The summed E-state index contributed by atoms with van der Waals surface area (Å²) >= 11 is 0. The minimum atomic E-state index is -3.66. The van der Waals surface area contributed by atoms with Crippen LogP contribution in [0.5, 0.6) is 0 Å². The molecule has 0 unspecified atom stereocenters. The second kappa shape index (κ2) is 7.09. The van der Waals surface area contributed by atoms with E-state index in [9.17, 15) is 18.0 Å². The van der Waals surface area contributed by atoms with Gasteiger partial charge in [0.25, 0.3) is 0 Å². The molecule has 1 N–H and O–H groups in total. The predicted octanol–water partition coefficient (Wildman–Crippen LogP) is 1.49. The number of carbonyl (C=O) groups excluding carboxylic acids is 2. The molecule has 2 aliphatic heterocycles. The number of imide groups is 1. The number of nitrogens with zero attached hydrogens (tertiary/aromatic N) is 2. The molecule has 7 nitrogen and oxygen atoms in total. The van der Waals surface area contributed by atoms with E-state index in [4.69, 9.17) is 0 Å². The number of rotatable bonds is 6. The number of sulfonamides is 1. The maximum atomic E-state index is 12.6. The molecule has 2 heterocycles. The highest BCUT2D eigenvalue weighted by atomic mass is 32.2. The van der Waals surface area contributed by atoms with Crippen LogP contribution in [0.15, 0.2) is 29.2 Å². The molecule has 0 aromatic heterocycles. The molecule has 26 heavy (non-hydrogen) atoms. The zero-order chi connectivity index (χ0) is 18.9. The van der Waals surface area contributed by atoms with Gasteiger partial charge in [-0.15, -0.1) is 0 Å². The average Bonchev–Trinajstić information content (AvgIpc) is 3.24. The molecule has 142 valence electrons. The molecular weight excluding hydrogens is 354 g/mol. The van der Waals surface area contributed by atoms with Gasteiger partial charge in [-0.05, 0) is 64.0 Å². The van der Waals surface area contributed by atoms with Gasteiger partial charge in [0.15, 0.2) is 0 Å². The van der Waals surface area contributed by atoms with Gasteiger partial charge in [-0.1, -0.05) is 0 Å². The molecule has 0 radical (unpaired) electrons. The van der Waals surface area contributed by atoms with E-state index in [2.05, 4.69) is 9.62 Å². The molecule has 8 heteroatoms. The number of carbonyl (C=O) groups is 2. The lowest BCUT2D eigenvalue weighted by molar-refractivity contribution is -0.121. The Bertz CT molecular complexity index is 780. The van der Waals surface area contributed by atoms with Crippen LogP contribution in [-0.4, -0.2) is 50.3 Å². The van der Waals surface area contributed by atoms with E-state index < -0.39 is 10.0 Å². The normalized spacial score (nSPS) is 19.5. The molecule has 0 atom stereocenters. The lowest BCUT2D eigenvalue weighted by Crippen LogP contribution is -2.50. The van der Waals surface area contributed by atoms with Crippen molar-refractivity contribution in [3.05, 3.63) is 24.3 Å². The smallest absolute Gasteiger partial charge is 0.240 e. The van der Waals surface area contributed by atoms with E-state index in [-0.39, 0.29) is 35.1 Å². The number of nitrogens with one attached hydrogen (secondary N) is 1. The largest absolute Gasteiger partial charge is 0.297 e.